The van der Waals surface area contributed by atoms with Gasteiger partial charge in [0.2, 0.25) is 0 Å². The Balaban J connectivity index is 1.88. The van der Waals surface area contributed by atoms with E-state index in [4.69, 9.17) is 4.74 Å². The third-order valence-corrected chi connectivity index (χ3v) is 5.89. The fourth-order valence-corrected chi connectivity index (χ4v) is 4.11. The number of para-hydroxylation sites is 1. The number of piperidine rings is 1. The number of halogens is 4. The highest BCUT2D eigenvalue weighted by Gasteiger charge is 2.44. The predicted molar refractivity (Wildman–Crippen MR) is 107 cm³/mol. The first-order valence-corrected chi connectivity index (χ1v) is 10.6. The van der Waals surface area contributed by atoms with Crippen molar-refractivity contribution in [2.45, 2.75) is 19.0 Å². The first-order valence-electron chi connectivity index (χ1n) is 8.93. The van der Waals surface area contributed by atoms with E-state index >= 15 is 0 Å². The van der Waals surface area contributed by atoms with Gasteiger partial charge in [-0.2, -0.15) is 13.2 Å². The summed E-state index contributed by atoms with van der Waals surface area (Å²) in [7, 11) is 0. The average molecular weight is 508 g/mol. The number of carbonyl (C=O) groups is 2. The fraction of sp³-hybridized carbons (Fsp3) is 0.389. The summed E-state index contributed by atoms with van der Waals surface area (Å²) in [4.78, 5) is 32.8. The number of thiazole rings is 1. The minimum Gasteiger partial charge on any atom is -0.447 e. The number of aromatic nitrogens is 1. The first-order chi connectivity index (χ1) is 14.3. The van der Waals surface area contributed by atoms with Crippen LogP contribution in [0.15, 0.2) is 34.2 Å². The van der Waals surface area contributed by atoms with Crippen molar-refractivity contribution in [3.05, 3.63) is 34.2 Å². The standard InChI is InChI=1S/C18H17BrF3N3O4S/c19-14-10-30-15(24-14)12-3-1-2-4-13(12)25(29-16(26)18(20,21)22)17(27)28-9-11-5-7-23-8-6-11/h1-4,10-11,23H,5-9H2. The molecule has 1 amide bonds. The molecular formula is C18H17BrF3N3O4S. The van der Waals surface area contributed by atoms with Crippen LogP contribution in [-0.4, -0.2) is 42.9 Å². The number of amides is 1. The van der Waals surface area contributed by atoms with Crippen LogP contribution in [0.4, 0.5) is 23.7 Å². The zero-order chi connectivity index (χ0) is 21.7. The van der Waals surface area contributed by atoms with Crippen molar-refractivity contribution >= 4 is 45.0 Å². The monoisotopic (exact) mass is 507 g/mol. The highest BCUT2D eigenvalue weighted by Crippen LogP contribution is 2.35. The van der Waals surface area contributed by atoms with E-state index in [1.807, 2.05) is 0 Å². The molecule has 3 rings (SSSR count). The quantitative estimate of drug-likeness (QED) is 0.612. The Kier molecular flexibility index (Phi) is 7.32. The topological polar surface area (TPSA) is 80.8 Å². The molecule has 0 saturated carbocycles. The second-order valence-corrected chi connectivity index (χ2v) is 8.10. The van der Waals surface area contributed by atoms with Gasteiger partial charge in [0.1, 0.15) is 9.61 Å². The summed E-state index contributed by atoms with van der Waals surface area (Å²) in [5.41, 5.74) is 0.217. The molecule has 0 spiro atoms. The van der Waals surface area contributed by atoms with Crippen molar-refractivity contribution in [1.82, 2.24) is 10.3 Å². The largest absolute Gasteiger partial charge is 0.493 e. The normalized spacial score (nSPS) is 14.9. The zero-order valence-corrected chi connectivity index (χ0v) is 17.8. The van der Waals surface area contributed by atoms with Crippen LogP contribution in [-0.2, 0) is 14.4 Å². The smallest absolute Gasteiger partial charge is 0.447 e. The molecule has 0 radical (unpaired) electrons. The molecule has 0 aliphatic carbocycles. The third kappa shape index (κ3) is 5.70. The maximum absolute atomic E-state index is 12.8. The molecule has 12 heteroatoms. The molecule has 1 aromatic carbocycles. The van der Waals surface area contributed by atoms with Crippen LogP contribution in [0.1, 0.15) is 12.8 Å². The van der Waals surface area contributed by atoms with Gasteiger partial charge < -0.3 is 14.9 Å². The number of alkyl halides is 3. The van der Waals surface area contributed by atoms with E-state index in [-0.39, 0.29) is 23.3 Å². The van der Waals surface area contributed by atoms with Crippen molar-refractivity contribution in [1.29, 1.82) is 0 Å². The lowest BCUT2D eigenvalue weighted by molar-refractivity contribution is -0.200. The van der Waals surface area contributed by atoms with Crippen LogP contribution in [0.3, 0.4) is 0 Å². The second-order valence-electron chi connectivity index (χ2n) is 6.43. The van der Waals surface area contributed by atoms with E-state index in [0.717, 1.165) is 25.9 Å². The molecule has 2 aromatic rings. The van der Waals surface area contributed by atoms with E-state index in [1.54, 1.807) is 17.5 Å². The number of nitrogens with one attached hydrogen (secondary N) is 1. The van der Waals surface area contributed by atoms with Crippen LogP contribution in [0.5, 0.6) is 0 Å². The Hall–Kier alpha value is -2.18. The first kappa shape index (κ1) is 22.5. The van der Waals surface area contributed by atoms with Gasteiger partial charge in [0.25, 0.3) is 0 Å². The Morgan fingerprint density at radius 2 is 1.97 bits per heavy atom. The highest BCUT2D eigenvalue weighted by molar-refractivity contribution is 9.10. The molecule has 7 nitrogen and oxygen atoms in total. The lowest BCUT2D eigenvalue weighted by Crippen LogP contribution is -2.40. The molecule has 0 atom stereocenters. The van der Waals surface area contributed by atoms with Crippen LogP contribution >= 0.6 is 27.3 Å². The number of hydrogen-bond acceptors (Lipinski definition) is 7. The summed E-state index contributed by atoms with van der Waals surface area (Å²) in [6, 6.07) is 6.02. The number of nitrogens with zero attached hydrogens (tertiary/aromatic N) is 2. The Morgan fingerprint density at radius 1 is 1.27 bits per heavy atom. The van der Waals surface area contributed by atoms with Gasteiger partial charge in [-0.15, -0.1) is 16.4 Å². The van der Waals surface area contributed by atoms with Gasteiger partial charge in [0.15, 0.2) is 0 Å². The molecule has 0 unspecified atom stereocenters. The minimum absolute atomic E-state index is 0.00550. The number of anilines is 1. The van der Waals surface area contributed by atoms with Crippen LogP contribution < -0.4 is 10.4 Å². The fourth-order valence-electron chi connectivity index (χ4n) is 2.83. The zero-order valence-electron chi connectivity index (χ0n) is 15.4. The molecule has 1 fully saturated rings. The Labute approximate surface area is 182 Å². The highest BCUT2D eigenvalue weighted by atomic mass is 79.9. The molecule has 30 heavy (non-hydrogen) atoms. The van der Waals surface area contributed by atoms with Gasteiger partial charge in [-0.1, -0.05) is 12.1 Å². The van der Waals surface area contributed by atoms with Gasteiger partial charge in [0.05, 0.1) is 12.3 Å². The van der Waals surface area contributed by atoms with E-state index in [9.17, 15) is 22.8 Å². The number of hydroxylamine groups is 1. The van der Waals surface area contributed by atoms with Crippen LogP contribution in [0.25, 0.3) is 10.6 Å². The Morgan fingerprint density at radius 3 is 2.60 bits per heavy atom. The molecule has 2 heterocycles. The maximum atomic E-state index is 12.8. The van der Waals surface area contributed by atoms with Crippen LogP contribution in [0, 0.1) is 5.92 Å². The lowest BCUT2D eigenvalue weighted by Gasteiger charge is -2.25. The SMILES string of the molecule is O=C(OCC1CCNCC1)N(OC(=O)C(F)(F)F)c1ccccc1-c1nc(Br)cs1. The summed E-state index contributed by atoms with van der Waals surface area (Å²) >= 11 is 4.41. The number of hydrogen-bond donors (Lipinski definition) is 1. The van der Waals surface area contributed by atoms with Gasteiger partial charge in [-0.25, -0.2) is 14.6 Å². The third-order valence-electron chi connectivity index (χ3n) is 4.30. The number of ether oxygens (including phenoxy) is 1. The molecule has 1 saturated heterocycles. The molecule has 162 valence electrons. The lowest BCUT2D eigenvalue weighted by atomic mass is 9.99. The van der Waals surface area contributed by atoms with E-state index in [1.165, 1.54) is 23.5 Å². The molecule has 1 aromatic heterocycles. The molecule has 1 aliphatic heterocycles. The molecule has 1 N–H and O–H groups in total. The van der Waals surface area contributed by atoms with Crippen molar-refractivity contribution in [3.63, 3.8) is 0 Å². The van der Waals surface area contributed by atoms with Crippen molar-refractivity contribution < 1.29 is 32.3 Å². The van der Waals surface area contributed by atoms with Gasteiger partial charge in [-0.05, 0) is 59.9 Å². The van der Waals surface area contributed by atoms with Crippen molar-refractivity contribution in [2.75, 3.05) is 24.8 Å². The van der Waals surface area contributed by atoms with E-state index in [2.05, 4.69) is 31.1 Å². The number of rotatable bonds is 4. The van der Waals surface area contributed by atoms with E-state index in [0.29, 0.717) is 15.2 Å². The summed E-state index contributed by atoms with van der Waals surface area (Å²) in [6.07, 6.45) is -4.97. The van der Waals surface area contributed by atoms with Crippen molar-refractivity contribution in [2.24, 2.45) is 5.92 Å². The summed E-state index contributed by atoms with van der Waals surface area (Å²) in [5, 5.41) is 5.49. The summed E-state index contributed by atoms with van der Waals surface area (Å²) < 4.78 is 44.2. The van der Waals surface area contributed by atoms with Gasteiger partial charge in [-0.3, -0.25) is 0 Å². The van der Waals surface area contributed by atoms with Gasteiger partial charge >= 0.3 is 18.2 Å². The summed E-state index contributed by atoms with van der Waals surface area (Å²) in [5.74, 6) is -2.46. The second kappa shape index (κ2) is 9.75. The Bertz CT molecular complexity index is 903. The number of carbonyl (C=O) groups excluding carboxylic acids is 2. The maximum Gasteiger partial charge on any atom is 0.493 e. The van der Waals surface area contributed by atoms with Crippen molar-refractivity contribution in [3.8, 4) is 10.6 Å². The average Bonchev–Trinajstić information content (AvgIpc) is 3.16. The summed E-state index contributed by atoms with van der Waals surface area (Å²) in [6.45, 7) is 1.53. The molecule has 1 aliphatic rings. The van der Waals surface area contributed by atoms with E-state index < -0.39 is 18.2 Å². The minimum atomic E-state index is -5.28. The molecule has 0 bridgehead atoms. The molecular weight excluding hydrogens is 491 g/mol. The predicted octanol–water partition coefficient (Wildman–Crippen LogP) is 4.54. The van der Waals surface area contributed by atoms with Crippen LogP contribution in [0.2, 0.25) is 0 Å². The van der Waals surface area contributed by atoms with Gasteiger partial charge in [0, 0.05) is 10.9 Å². The number of benzene rings is 1.